The fourth-order valence-electron chi connectivity index (χ4n) is 3.19. The highest BCUT2D eigenvalue weighted by Crippen LogP contribution is 2.21. The third kappa shape index (κ3) is 3.08. The number of nitrogens with one attached hydrogen (secondary N) is 1. The second kappa shape index (κ2) is 6.67. The van der Waals surface area contributed by atoms with Crippen LogP contribution in [-0.2, 0) is 0 Å². The smallest absolute Gasteiger partial charge is 0.289 e. The van der Waals surface area contributed by atoms with E-state index < -0.39 is 0 Å². The number of nitrogens with zero attached hydrogens (tertiary/aromatic N) is 3. The van der Waals surface area contributed by atoms with Gasteiger partial charge in [-0.15, -0.1) is 0 Å². The van der Waals surface area contributed by atoms with Crippen molar-refractivity contribution in [2.45, 2.75) is 0 Å². The van der Waals surface area contributed by atoms with Gasteiger partial charge in [0.2, 0.25) is 0 Å². The predicted molar refractivity (Wildman–Crippen MR) is 97.2 cm³/mol. The number of benzene rings is 2. The Morgan fingerprint density at radius 3 is 2.54 bits per heavy atom. The van der Waals surface area contributed by atoms with E-state index in [1.54, 1.807) is 18.1 Å². The van der Waals surface area contributed by atoms with Gasteiger partial charge in [0.15, 0.2) is 5.82 Å². The lowest BCUT2D eigenvalue weighted by atomic mass is 10.2. The molecule has 1 aliphatic rings. The molecule has 1 saturated heterocycles. The maximum atomic E-state index is 13.3. The van der Waals surface area contributed by atoms with Gasteiger partial charge in [-0.2, -0.15) is 0 Å². The lowest BCUT2D eigenvalue weighted by molar-refractivity contribution is 0.0736. The molecule has 4 rings (SSSR count). The molecule has 0 spiro atoms. The highest BCUT2D eigenvalue weighted by atomic mass is 19.1. The van der Waals surface area contributed by atoms with Crippen molar-refractivity contribution in [3.63, 3.8) is 0 Å². The fraction of sp³-hybridized carbons (Fsp3) is 0.263. The Morgan fingerprint density at radius 2 is 1.85 bits per heavy atom. The van der Waals surface area contributed by atoms with Gasteiger partial charge in [-0.3, -0.25) is 4.79 Å². The van der Waals surface area contributed by atoms with Crippen LogP contribution >= 0.6 is 0 Å². The Hall–Kier alpha value is -3.09. The monoisotopic (exact) mass is 354 g/mol. The van der Waals surface area contributed by atoms with E-state index in [-0.39, 0.29) is 17.5 Å². The molecule has 0 radical (unpaired) electrons. The molecule has 1 N–H and O–H groups in total. The maximum Gasteiger partial charge on any atom is 0.289 e. The van der Waals surface area contributed by atoms with Gasteiger partial charge in [-0.05, 0) is 42.5 Å². The maximum absolute atomic E-state index is 13.3. The molecule has 2 heterocycles. The highest BCUT2D eigenvalue weighted by Gasteiger charge is 2.24. The average Bonchev–Trinajstić information content (AvgIpc) is 3.11. The van der Waals surface area contributed by atoms with Crippen LogP contribution in [0, 0.1) is 5.82 Å². The SMILES string of the molecule is COc1ccc(N2CCN(C(=O)c3nc4ccc(F)cc4[nH]3)CC2)cc1. The molecule has 6 nitrogen and oxygen atoms in total. The first-order chi connectivity index (χ1) is 12.6. The first-order valence-electron chi connectivity index (χ1n) is 8.47. The standard InChI is InChI=1S/C19H19FN4O2/c1-26-15-5-3-14(4-6-15)23-8-10-24(11-9-23)19(25)18-21-16-7-2-13(20)12-17(16)22-18/h2-7,12H,8-11H2,1H3,(H,21,22). The molecule has 134 valence electrons. The molecule has 1 aromatic heterocycles. The summed E-state index contributed by atoms with van der Waals surface area (Å²) in [7, 11) is 1.64. The lowest BCUT2D eigenvalue weighted by Crippen LogP contribution is -2.49. The van der Waals surface area contributed by atoms with E-state index in [1.165, 1.54) is 12.1 Å². The van der Waals surface area contributed by atoms with E-state index in [9.17, 15) is 9.18 Å². The number of methoxy groups -OCH3 is 1. The number of amides is 1. The summed E-state index contributed by atoms with van der Waals surface area (Å²) in [4.78, 5) is 23.9. The van der Waals surface area contributed by atoms with Crippen LogP contribution in [0.3, 0.4) is 0 Å². The van der Waals surface area contributed by atoms with Gasteiger partial charge >= 0.3 is 0 Å². The van der Waals surface area contributed by atoms with Crippen LogP contribution in [0.4, 0.5) is 10.1 Å². The molecule has 2 aromatic carbocycles. The molecule has 0 saturated carbocycles. The minimum absolute atomic E-state index is 0.156. The third-order valence-electron chi connectivity index (χ3n) is 4.65. The molecule has 26 heavy (non-hydrogen) atoms. The van der Waals surface area contributed by atoms with Crippen molar-refractivity contribution in [3.8, 4) is 5.75 Å². The molecule has 1 fully saturated rings. The number of ether oxygens (including phenoxy) is 1. The van der Waals surface area contributed by atoms with Gasteiger partial charge in [0.25, 0.3) is 5.91 Å². The Labute approximate surface area is 150 Å². The number of imidazole rings is 1. The molecule has 0 unspecified atom stereocenters. The lowest BCUT2D eigenvalue weighted by Gasteiger charge is -2.35. The largest absolute Gasteiger partial charge is 0.497 e. The van der Waals surface area contributed by atoms with E-state index in [0.717, 1.165) is 24.5 Å². The number of hydrogen-bond donors (Lipinski definition) is 1. The summed E-state index contributed by atoms with van der Waals surface area (Å²) in [5.74, 6) is 0.566. The Morgan fingerprint density at radius 1 is 1.12 bits per heavy atom. The normalized spacial score (nSPS) is 14.7. The average molecular weight is 354 g/mol. The van der Waals surface area contributed by atoms with Gasteiger partial charge in [0.05, 0.1) is 18.1 Å². The van der Waals surface area contributed by atoms with Crippen LogP contribution in [0.25, 0.3) is 11.0 Å². The number of aromatic nitrogens is 2. The number of fused-ring (bicyclic) bond motifs is 1. The molecule has 0 bridgehead atoms. The number of piperazine rings is 1. The topological polar surface area (TPSA) is 61.5 Å². The van der Waals surface area contributed by atoms with Crippen LogP contribution in [0.1, 0.15) is 10.6 Å². The minimum atomic E-state index is -0.353. The van der Waals surface area contributed by atoms with Crippen molar-refractivity contribution in [2.75, 3.05) is 38.2 Å². The zero-order valence-corrected chi connectivity index (χ0v) is 14.4. The number of H-pyrrole nitrogens is 1. The number of aromatic amines is 1. The van der Waals surface area contributed by atoms with Crippen LogP contribution in [0.5, 0.6) is 5.75 Å². The summed E-state index contributed by atoms with van der Waals surface area (Å²) in [5.41, 5.74) is 2.23. The summed E-state index contributed by atoms with van der Waals surface area (Å²) < 4.78 is 18.5. The van der Waals surface area contributed by atoms with E-state index in [2.05, 4.69) is 14.9 Å². The van der Waals surface area contributed by atoms with E-state index in [1.807, 2.05) is 24.3 Å². The highest BCUT2D eigenvalue weighted by molar-refractivity contribution is 5.94. The summed E-state index contributed by atoms with van der Waals surface area (Å²) in [6.45, 7) is 2.70. The van der Waals surface area contributed by atoms with Gasteiger partial charge in [0, 0.05) is 31.9 Å². The summed E-state index contributed by atoms with van der Waals surface area (Å²) >= 11 is 0. The number of rotatable bonds is 3. The first kappa shape index (κ1) is 16.4. The van der Waals surface area contributed by atoms with Gasteiger partial charge in [-0.1, -0.05) is 0 Å². The van der Waals surface area contributed by atoms with E-state index in [0.29, 0.717) is 24.1 Å². The number of hydrogen-bond acceptors (Lipinski definition) is 4. The Bertz CT molecular complexity index is 930. The second-order valence-corrected chi connectivity index (χ2v) is 6.22. The second-order valence-electron chi connectivity index (χ2n) is 6.22. The summed E-state index contributed by atoms with van der Waals surface area (Å²) in [5, 5.41) is 0. The van der Waals surface area contributed by atoms with Crippen molar-refractivity contribution in [3.05, 3.63) is 54.1 Å². The minimum Gasteiger partial charge on any atom is -0.497 e. The van der Waals surface area contributed by atoms with Crippen LogP contribution in [0.2, 0.25) is 0 Å². The zero-order chi connectivity index (χ0) is 18.1. The van der Waals surface area contributed by atoms with E-state index in [4.69, 9.17) is 4.74 Å². The van der Waals surface area contributed by atoms with Crippen LogP contribution < -0.4 is 9.64 Å². The predicted octanol–water partition coefficient (Wildman–Crippen LogP) is 2.67. The molecule has 3 aromatic rings. The Kier molecular flexibility index (Phi) is 4.20. The van der Waals surface area contributed by atoms with Crippen molar-refractivity contribution in [1.82, 2.24) is 14.9 Å². The third-order valence-corrected chi connectivity index (χ3v) is 4.65. The molecular weight excluding hydrogens is 335 g/mol. The first-order valence-corrected chi connectivity index (χ1v) is 8.47. The van der Waals surface area contributed by atoms with Gasteiger partial charge in [-0.25, -0.2) is 9.37 Å². The van der Waals surface area contributed by atoms with Crippen LogP contribution in [-0.4, -0.2) is 54.1 Å². The molecule has 1 amide bonds. The quantitative estimate of drug-likeness (QED) is 0.786. The zero-order valence-electron chi connectivity index (χ0n) is 14.4. The summed E-state index contributed by atoms with van der Waals surface area (Å²) in [6.07, 6.45) is 0. The number of carbonyl (C=O) groups excluding carboxylic acids is 1. The molecular formula is C19H19FN4O2. The molecule has 0 aliphatic carbocycles. The van der Waals surface area contributed by atoms with E-state index >= 15 is 0 Å². The number of halogens is 1. The number of carbonyl (C=O) groups is 1. The summed E-state index contributed by atoms with van der Waals surface area (Å²) in [6, 6.07) is 12.2. The van der Waals surface area contributed by atoms with Crippen molar-refractivity contribution in [1.29, 1.82) is 0 Å². The Balaban J connectivity index is 1.43. The van der Waals surface area contributed by atoms with Gasteiger partial charge in [0.1, 0.15) is 11.6 Å². The van der Waals surface area contributed by atoms with Crippen LogP contribution in [0.15, 0.2) is 42.5 Å². The van der Waals surface area contributed by atoms with Crippen molar-refractivity contribution in [2.24, 2.45) is 0 Å². The van der Waals surface area contributed by atoms with Crippen molar-refractivity contribution < 1.29 is 13.9 Å². The molecule has 7 heteroatoms. The molecule has 0 atom stereocenters. The number of anilines is 1. The van der Waals surface area contributed by atoms with Crippen molar-refractivity contribution >= 4 is 22.6 Å². The van der Waals surface area contributed by atoms with Gasteiger partial charge < -0.3 is 19.5 Å². The molecule has 1 aliphatic heterocycles. The fourth-order valence-corrected chi connectivity index (χ4v) is 3.19.